The Balaban J connectivity index is 1.93. The van der Waals surface area contributed by atoms with Crippen molar-refractivity contribution in [2.75, 3.05) is 4.90 Å². The van der Waals surface area contributed by atoms with E-state index in [4.69, 9.17) is 16.1 Å². The van der Waals surface area contributed by atoms with Gasteiger partial charge in [-0.05, 0) is 48.9 Å². The number of halogens is 1. The Morgan fingerprint density at radius 3 is 2.34 bits per heavy atom. The molecule has 146 valence electrons. The van der Waals surface area contributed by atoms with E-state index < -0.39 is 17.7 Å². The first-order chi connectivity index (χ1) is 13.9. The van der Waals surface area contributed by atoms with Crippen LogP contribution in [-0.2, 0) is 9.59 Å². The second kappa shape index (κ2) is 7.10. The first-order valence-corrected chi connectivity index (χ1v) is 9.04. The Hall–Kier alpha value is -3.58. The average Bonchev–Trinajstić information content (AvgIpc) is 3.24. The lowest BCUT2D eigenvalue weighted by Gasteiger charge is -2.22. The average molecular weight is 411 g/mol. The van der Waals surface area contributed by atoms with Gasteiger partial charge in [0.2, 0.25) is 0 Å². The van der Waals surface area contributed by atoms with Crippen LogP contribution >= 0.6 is 11.6 Å². The minimum Gasteiger partial charge on any atom is -0.508 e. The number of ketones is 1. The van der Waals surface area contributed by atoms with Crippen molar-refractivity contribution in [2.45, 2.75) is 13.0 Å². The molecular weight excluding hydrogens is 396 g/mol. The lowest BCUT2D eigenvalue weighted by atomic mass is 9.95. The van der Waals surface area contributed by atoms with Crippen LogP contribution in [0.5, 0.6) is 5.75 Å². The van der Waals surface area contributed by atoms with E-state index in [2.05, 4.69) is 5.16 Å². The third kappa shape index (κ3) is 3.25. The van der Waals surface area contributed by atoms with Crippen molar-refractivity contribution in [2.24, 2.45) is 0 Å². The quantitative estimate of drug-likeness (QED) is 0.384. The molecule has 0 bridgehead atoms. The number of phenolic OH excluding ortho intramolecular Hbond substituents is 1. The van der Waals surface area contributed by atoms with Crippen LogP contribution in [-0.4, -0.2) is 27.1 Å². The number of anilines is 1. The fraction of sp³-hybridized carbons (Fsp3) is 0.0952. The highest BCUT2D eigenvalue weighted by molar-refractivity contribution is 6.51. The fourth-order valence-corrected chi connectivity index (χ4v) is 3.40. The molecule has 4 rings (SSSR count). The van der Waals surface area contributed by atoms with Crippen molar-refractivity contribution in [1.82, 2.24) is 5.16 Å². The zero-order valence-electron chi connectivity index (χ0n) is 15.2. The van der Waals surface area contributed by atoms with Gasteiger partial charge in [-0.2, -0.15) is 0 Å². The van der Waals surface area contributed by atoms with Crippen molar-refractivity contribution < 1.29 is 24.3 Å². The van der Waals surface area contributed by atoms with Crippen molar-refractivity contribution in [1.29, 1.82) is 0 Å². The van der Waals surface area contributed by atoms with Gasteiger partial charge in [-0.1, -0.05) is 28.9 Å². The molecule has 0 aliphatic carbocycles. The molecule has 0 unspecified atom stereocenters. The normalized spacial score (nSPS) is 18.4. The van der Waals surface area contributed by atoms with Crippen molar-refractivity contribution in [3.63, 3.8) is 0 Å². The molecule has 2 aromatic carbocycles. The molecule has 0 radical (unpaired) electrons. The number of nitrogens with zero attached hydrogens (tertiary/aromatic N) is 2. The zero-order chi connectivity index (χ0) is 20.7. The number of Topliss-reactive ketones (excluding diaryl/α,β-unsaturated/α-hetero) is 1. The maximum atomic E-state index is 12.9. The maximum Gasteiger partial charge on any atom is 0.301 e. The molecule has 1 aromatic heterocycles. The van der Waals surface area contributed by atoms with Crippen LogP contribution in [0.3, 0.4) is 0 Å². The van der Waals surface area contributed by atoms with Crippen LogP contribution < -0.4 is 4.90 Å². The smallest absolute Gasteiger partial charge is 0.301 e. The molecule has 29 heavy (non-hydrogen) atoms. The van der Waals surface area contributed by atoms with Crippen LogP contribution in [0.4, 0.5) is 5.82 Å². The summed E-state index contributed by atoms with van der Waals surface area (Å²) in [5.41, 5.74) is 0.759. The number of aryl methyl sites for hydroxylation is 1. The molecule has 1 aliphatic rings. The number of aliphatic hydroxyl groups is 1. The van der Waals surface area contributed by atoms with E-state index in [0.29, 0.717) is 21.9 Å². The third-order valence-corrected chi connectivity index (χ3v) is 4.89. The van der Waals surface area contributed by atoms with Crippen LogP contribution in [0, 0.1) is 6.92 Å². The summed E-state index contributed by atoms with van der Waals surface area (Å²) in [6.07, 6.45) is 0. The second-order valence-corrected chi connectivity index (χ2v) is 7.00. The van der Waals surface area contributed by atoms with Gasteiger partial charge < -0.3 is 14.7 Å². The topological polar surface area (TPSA) is 104 Å². The van der Waals surface area contributed by atoms with E-state index in [1.807, 2.05) is 0 Å². The van der Waals surface area contributed by atoms with E-state index in [-0.39, 0.29) is 22.9 Å². The number of amides is 1. The Bertz CT molecular complexity index is 1130. The summed E-state index contributed by atoms with van der Waals surface area (Å²) < 4.78 is 5.07. The summed E-state index contributed by atoms with van der Waals surface area (Å²) in [6.45, 7) is 1.66. The highest BCUT2D eigenvalue weighted by Gasteiger charge is 2.48. The number of carbonyl (C=O) groups is 2. The zero-order valence-corrected chi connectivity index (χ0v) is 15.9. The molecule has 2 N–H and O–H groups in total. The summed E-state index contributed by atoms with van der Waals surface area (Å²) in [5, 5.41) is 24.8. The first-order valence-electron chi connectivity index (χ1n) is 8.66. The van der Waals surface area contributed by atoms with Gasteiger partial charge in [0.05, 0.1) is 11.6 Å². The van der Waals surface area contributed by atoms with Gasteiger partial charge in [-0.3, -0.25) is 14.5 Å². The van der Waals surface area contributed by atoms with E-state index in [1.165, 1.54) is 23.1 Å². The van der Waals surface area contributed by atoms with Crippen molar-refractivity contribution in [3.8, 4) is 5.75 Å². The number of aliphatic hydroxyl groups excluding tert-OH is 1. The maximum absolute atomic E-state index is 12.9. The number of hydrogen-bond donors (Lipinski definition) is 2. The van der Waals surface area contributed by atoms with Gasteiger partial charge >= 0.3 is 5.91 Å². The number of phenols is 1. The Labute approximate surface area is 170 Å². The molecule has 1 aliphatic heterocycles. The van der Waals surface area contributed by atoms with E-state index in [9.17, 15) is 19.8 Å². The molecular formula is C21H15ClN2O5. The number of aromatic hydroxyl groups is 1. The molecule has 1 atom stereocenters. The molecule has 1 saturated heterocycles. The van der Waals surface area contributed by atoms with Gasteiger partial charge in [0.1, 0.15) is 17.3 Å². The van der Waals surface area contributed by atoms with Crippen molar-refractivity contribution in [3.05, 3.63) is 82.1 Å². The minimum atomic E-state index is -0.948. The summed E-state index contributed by atoms with van der Waals surface area (Å²) in [7, 11) is 0. The molecule has 0 spiro atoms. The number of benzene rings is 2. The molecule has 7 nitrogen and oxygen atoms in total. The van der Waals surface area contributed by atoms with Crippen LogP contribution in [0.15, 0.2) is 64.7 Å². The number of aromatic nitrogens is 1. The summed E-state index contributed by atoms with van der Waals surface area (Å²) in [6, 6.07) is 12.8. The Morgan fingerprint density at radius 2 is 1.76 bits per heavy atom. The predicted octanol–water partition coefficient (Wildman–Crippen LogP) is 3.97. The van der Waals surface area contributed by atoms with E-state index >= 15 is 0 Å². The summed E-state index contributed by atoms with van der Waals surface area (Å²) in [5.74, 6) is -1.38. The Morgan fingerprint density at radius 1 is 1.10 bits per heavy atom. The Kier molecular flexibility index (Phi) is 4.60. The van der Waals surface area contributed by atoms with Crippen LogP contribution in [0.2, 0.25) is 5.02 Å². The minimum absolute atomic E-state index is 0.0284. The fourth-order valence-electron chi connectivity index (χ4n) is 3.27. The predicted molar refractivity (Wildman–Crippen MR) is 106 cm³/mol. The molecule has 0 saturated carbocycles. The molecule has 2 heterocycles. The van der Waals surface area contributed by atoms with Crippen LogP contribution in [0.25, 0.3) is 5.76 Å². The van der Waals surface area contributed by atoms with Gasteiger partial charge in [-0.25, -0.2) is 0 Å². The SMILES string of the molecule is Cc1cc(N2C(=O)C(=O)C(=C(O)c3ccc(Cl)cc3)[C@H]2c2ccc(O)cc2)no1. The van der Waals surface area contributed by atoms with Crippen LogP contribution in [0.1, 0.15) is 22.9 Å². The number of hydrogen-bond acceptors (Lipinski definition) is 6. The second-order valence-electron chi connectivity index (χ2n) is 6.56. The number of rotatable bonds is 3. The van der Waals surface area contributed by atoms with Gasteiger partial charge in [0.25, 0.3) is 5.78 Å². The molecule has 1 amide bonds. The number of carbonyl (C=O) groups excluding carboxylic acids is 2. The monoisotopic (exact) mass is 410 g/mol. The summed E-state index contributed by atoms with van der Waals surface area (Å²) in [4.78, 5) is 26.9. The van der Waals surface area contributed by atoms with E-state index in [1.54, 1.807) is 43.3 Å². The van der Waals surface area contributed by atoms with E-state index in [0.717, 1.165) is 0 Å². The van der Waals surface area contributed by atoms with Gasteiger partial charge in [0.15, 0.2) is 5.82 Å². The highest BCUT2D eigenvalue weighted by Crippen LogP contribution is 2.42. The van der Waals surface area contributed by atoms with Gasteiger partial charge in [-0.15, -0.1) is 0 Å². The highest BCUT2D eigenvalue weighted by atomic mass is 35.5. The largest absolute Gasteiger partial charge is 0.508 e. The molecule has 1 fully saturated rings. The van der Waals surface area contributed by atoms with Crippen molar-refractivity contribution >= 4 is 34.9 Å². The third-order valence-electron chi connectivity index (χ3n) is 4.63. The van der Waals surface area contributed by atoms with Gasteiger partial charge in [0, 0.05) is 16.7 Å². The molecule has 3 aromatic rings. The lowest BCUT2D eigenvalue weighted by Crippen LogP contribution is -2.29. The summed E-state index contributed by atoms with van der Waals surface area (Å²) >= 11 is 5.90. The lowest BCUT2D eigenvalue weighted by molar-refractivity contribution is -0.132. The standard InChI is InChI=1S/C21H15ClN2O5/c1-11-10-16(23-29-11)24-18(12-4-8-15(25)9-5-12)17(20(27)21(24)28)19(26)13-2-6-14(22)7-3-13/h2-10,18,25-26H,1H3/t18-/m1/s1. The first kappa shape index (κ1) is 18.8. The molecule has 8 heteroatoms.